The highest BCUT2D eigenvalue weighted by Crippen LogP contribution is 2.29. The lowest BCUT2D eigenvalue weighted by Gasteiger charge is -2.15. The lowest BCUT2D eigenvalue weighted by molar-refractivity contribution is 0.0998. The SMILES string of the molecule is CCC(C)c1ccccc1NC(=O)c1oc2ccc(F)cc2c1C. The van der Waals surface area contributed by atoms with Crippen LogP contribution in [0.15, 0.2) is 46.9 Å². The Morgan fingerprint density at radius 3 is 2.75 bits per heavy atom. The number of hydrogen-bond acceptors (Lipinski definition) is 2. The van der Waals surface area contributed by atoms with Crippen LogP contribution in [0.4, 0.5) is 10.1 Å². The number of rotatable bonds is 4. The van der Waals surface area contributed by atoms with E-state index >= 15 is 0 Å². The second-order valence-corrected chi connectivity index (χ2v) is 6.05. The molecule has 0 saturated heterocycles. The topological polar surface area (TPSA) is 42.2 Å². The van der Waals surface area contributed by atoms with E-state index in [0.29, 0.717) is 22.5 Å². The maximum absolute atomic E-state index is 13.4. The Morgan fingerprint density at radius 1 is 1.25 bits per heavy atom. The first-order valence-electron chi connectivity index (χ1n) is 8.10. The molecule has 3 nitrogen and oxygen atoms in total. The van der Waals surface area contributed by atoms with E-state index in [4.69, 9.17) is 4.42 Å². The van der Waals surface area contributed by atoms with Crippen molar-refractivity contribution in [2.45, 2.75) is 33.1 Å². The fourth-order valence-corrected chi connectivity index (χ4v) is 2.85. The van der Waals surface area contributed by atoms with Crippen molar-refractivity contribution in [2.24, 2.45) is 0 Å². The van der Waals surface area contributed by atoms with Gasteiger partial charge < -0.3 is 9.73 Å². The van der Waals surface area contributed by atoms with E-state index in [1.165, 1.54) is 12.1 Å². The molecule has 3 rings (SSSR count). The van der Waals surface area contributed by atoms with Crippen molar-refractivity contribution in [3.63, 3.8) is 0 Å². The highest BCUT2D eigenvalue weighted by molar-refractivity contribution is 6.06. The van der Waals surface area contributed by atoms with Gasteiger partial charge in [-0.15, -0.1) is 0 Å². The van der Waals surface area contributed by atoms with Crippen LogP contribution >= 0.6 is 0 Å². The van der Waals surface area contributed by atoms with Gasteiger partial charge in [-0.2, -0.15) is 0 Å². The van der Waals surface area contributed by atoms with E-state index in [0.717, 1.165) is 17.7 Å². The third kappa shape index (κ3) is 2.92. The molecule has 0 saturated carbocycles. The molecule has 1 heterocycles. The van der Waals surface area contributed by atoms with Crippen LogP contribution in [0.2, 0.25) is 0 Å². The first-order valence-corrected chi connectivity index (χ1v) is 8.10. The van der Waals surface area contributed by atoms with E-state index in [1.807, 2.05) is 24.3 Å². The number of para-hydroxylation sites is 1. The van der Waals surface area contributed by atoms with Gasteiger partial charge in [-0.25, -0.2) is 4.39 Å². The predicted octanol–water partition coefficient (Wildman–Crippen LogP) is 5.65. The Hall–Kier alpha value is -2.62. The molecule has 1 unspecified atom stereocenters. The minimum atomic E-state index is -0.347. The number of benzene rings is 2. The first kappa shape index (κ1) is 16.2. The quantitative estimate of drug-likeness (QED) is 0.674. The van der Waals surface area contributed by atoms with Crippen LogP contribution in [0.1, 0.15) is 47.9 Å². The standard InChI is InChI=1S/C20H20FNO2/c1-4-12(2)15-7-5-6-8-17(15)22-20(23)19-13(3)16-11-14(21)9-10-18(16)24-19/h5-12H,4H2,1-3H3,(H,22,23). The third-order valence-corrected chi connectivity index (χ3v) is 4.46. The van der Waals surface area contributed by atoms with Crippen LogP contribution < -0.4 is 5.32 Å². The molecule has 24 heavy (non-hydrogen) atoms. The second kappa shape index (κ2) is 6.48. The number of aryl methyl sites for hydroxylation is 1. The van der Waals surface area contributed by atoms with Crippen molar-refractivity contribution >= 4 is 22.6 Å². The predicted molar refractivity (Wildman–Crippen MR) is 94.0 cm³/mol. The van der Waals surface area contributed by atoms with Crippen LogP contribution in [0.25, 0.3) is 11.0 Å². The third-order valence-electron chi connectivity index (χ3n) is 4.46. The zero-order valence-corrected chi connectivity index (χ0v) is 14.0. The van der Waals surface area contributed by atoms with Crippen LogP contribution in [-0.2, 0) is 0 Å². The summed E-state index contributed by atoms with van der Waals surface area (Å²) in [6.45, 7) is 6.00. The molecular formula is C20H20FNO2. The minimum Gasteiger partial charge on any atom is -0.451 e. The van der Waals surface area contributed by atoms with E-state index in [-0.39, 0.29) is 17.5 Å². The molecule has 0 bridgehead atoms. The Labute approximate surface area is 140 Å². The van der Waals surface area contributed by atoms with Gasteiger partial charge in [-0.05, 0) is 49.1 Å². The number of hydrogen-bond donors (Lipinski definition) is 1. The minimum absolute atomic E-state index is 0.217. The zero-order chi connectivity index (χ0) is 17.3. The molecule has 1 aromatic heterocycles. The Bertz CT molecular complexity index is 898. The molecule has 3 aromatic rings. The average molecular weight is 325 g/mol. The van der Waals surface area contributed by atoms with Crippen molar-refractivity contribution in [3.8, 4) is 0 Å². The first-order chi connectivity index (χ1) is 11.5. The highest BCUT2D eigenvalue weighted by atomic mass is 19.1. The summed E-state index contributed by atoms with van der Waals surface area (Å²) >= 11 is 0. The Morgan fingerprint density at radius 2 is 2.00 bits per heavy atom. The van der Waals surface area contributed by atoms with Gasteiger partial charge in [0.1, 0.15) is 11.4 Å². The van der Waals surface area contributed by atoms with Gasteiger partial charge in [0.2, 0.25) is 0 Å². The van der Waals surface area contributed by atoms with Gasteiger partial charge in [0.25, 0.3) is 5.91 Å². The van der Waals surface area contributed by atoms with Crippen molar-refractivity contribution in [1.82, 2.24) is 0 Å². The van der Waals surface area contributed by atoms with E-state index in [2.05, 4.69) is 19.2 Å². The fourth-order valence-electron chi connectivity index (χ4n) is 2.85. The number of anilines is 1. The summed E-state index contributed by atoms with van der Waals surface area (Å²) in [5, 5.41) is 3.55. The molecule has 1 N–H and O–H groups in total. The summed E-state index contributed by atoms with van der Waals surface area (Å²) in [5.41, 5.74) is 3.02. The summed E-state index contributed by atoms with van der Waals surface area (Å²) in [5.74, 6) is -0.109. The molecule has 1 atom stereocenters. The Balaban J connectivity index is 1.95. The number of furan rings is 1. The Kier molecular flexibility index (Phi) is 4.38. The number of amides is 1. The number of halogens is 1. The summed E-state index contributed by atoms with van der Waals surface area (Å²) in [7, 11) is 0. The molecule has 124 valence electrons. The second-order valence-electron chi connectivity index (χ2n) is 6.05. The lowest BCUT2D eigenvalue weighted by atomic mass is 9.97. The van der Waals surface area contributed by atoms with Gasteiger partial charge in [0, 0.05) is 16.6 Å². The fraction of sp³-hybridized carbons (Fsp3) is 0.250. The molecule has 0 aliphatic heterocycles. The van der Waals surface area contributed by atoms with Crippen molar-refractivity contribution in [2.75, 3.05) is 5.32 Å². The van der Waals surface area contributed by atoms with Crippen molar-refractivity contribution < 1.29 is 13.6 Å². The molecule has 0 aliphatic rings. The average Bonchev–Trinajstić information content (AvgIpc) is 2.91. The smallest absolute Gasteiger partial charge is 0.291 e. The number of carbonyl (C=O) groups excluding carboxylic acids is 1. The molecule has 0 aliphatic carbocycles. The largest absolute Gasteiger partial charge is 0.451 e. The normalized spacial score (nSPS) is 12.3. The maximum Gasteiger partial charge on any atom is 0.291 e. The van der Waals surface area contributed by atoms with E-state index in [1.54, 1.807) is 13.0 Å². The van der Waals surface area contributed by atoms with Gasteiger partial charge >= 0.3 is 0 Å². The molecular weight excluding hydrogens is 305 g/mol. The summed E-state index contributed by atoms with van der Waals surface area (Å²) in [4.78, 5) is 12.7. The summed E-state index contributed by atoms with van der Waals surface area (Å²) in [6.07, 6.45) is 0.982. The van der Waals surface area contributed by atoms with E-state index < -0.39 is 0 Å². The van der Waals surface area contributed by atoms with Crippen molar-refractivity contribution in [1.29, 1.82) is 0 Å². The highest BCUT2D eigenvalue weighted by Gasteiger charge is 2.19. The van der Waals surface area contributed by atoms with Gasteiger partial charge in [-0.1, -0.05) is 32.0 Å². The molecule has 0 fully saturated rings. The van der Waals surface area contributed by atoms with Crippen LogP contribution in [0.3, 0.4) is 0 Å². The summed E-state index contributed by atoms with van der Waals surface area (Å²) < 4.78 is 19.0. The molecule has 4 heteroatoms. The van der Waals surface area contributed by atoms with Crippen molar-refractivity contribution in [3.05, 3.63) is 65.2 Å². The van der Waals surface area contributed by atoms with Crippen LogP contribution in [0.5, 0.6) is 0 Å². The molecule has 0 spiro atoms. The monoisotopic (exact) mass is 325 g/mol. The molecule has 1 amide bonds. The number of fused-ring (bicyclic) bond motifs is 1. The lowest BCUT2D eigenvalue weighted by Crippen LogP contribution is -2.14. The number of nitrogens with one attached hydrogen (secondary N) is 1. The van der Waals surface area contributed by atoms with Crippen LogP contribution in [0, 0.1) is 12.7 Å². The van der Waals surface area contributed by atoms with Crippen LogP contribution in [-0.4, -0.2) is 5.91 Å². The van der Waals surface area contributed by atoms with Gasteiger partial charge in [0.15, 0.2) is 5.76 Å². The summed E-state index contributed by atoms with van der Waals surface area (Å²) in [6, 6.07) is 12.0. The number of carbonyl (C=O) groups is 1. The van der Waals surface area contributed by atoms with Gasteiger partial charge in [-0.3, -0.25) is 4.79 Å². The maximum atomic E-state index is 13.4. The molecule has 2 aromatic carbocycles. The zero-order valence-electron chi connectivity index (χ0n) is 14.0. The van der Waals surface area contributed by atoms with Gasteiger partial charge in [0.05, 0.1) is 0 Å². The van der Waals surface area contributed by atoms with E-state index in [9.17, 15) is 9.18 Å². The molecule has 0 radical (unpaired) electrons.